The Labute approximate surface area is 111 Å². The van der Waals surface area contributed by atoms with Crippen LogP contribution in [0.3, 0.4) is 0 Å². The molecule has 0 amide bonds. The van der Waals surface area contributed by atoms with Crippen LogP contribution in [0.15, 0.2) is 29.1 Å². The van der Waals surface area contributed by atoms with Crippen LogP contribution in [0, 0.1) is 0 Å². The number of nitrogens with one attached hydrogen (secondary N) is 1. The van der Waals surface area contributed by atoms with Gasteiger partial charge in [-0.05, 0) is 24.3 Å². The lowest BCUT2D eigenvalue weighted by Crippen LogP contribution is -2.09. The Morgan fingerprint density at radius 1 is 1.32 bits per heavy atom. The van der Waals surface area contributed by atoms with Gasteiger partial charge < -0.3 is 10.5 Å². The molecule has 0 aliphatic heterocycles. The van der Waals surface area contributed by atoms with E-state index in [4.69, 9.17) is 10.5 Å². The Balaban J connectivity index is 2.24. The van der Waals surface area contributed by atoms with Gasteiger partial charge in [0.15, 0.2) is 10.6 Å². The van der Waals surface area contributed by atoms with E-state index in [0.29, 0.717) is 21.0 Å². The summed E-state index contributed by atoms with van der Waals surface area (Å²) >= 11 is 1.25. The number of aromatic amines is 1. The summed E-state index contributed by atoms with van der Waals surface area (Å²) in [5.74, 6) is 0.758. The van der Waals surface area contributed by atoms with Crippen LogP contribution in [0.2, 0.25) is 0 Å². The Morgan fingerprint density at radius 2 is 2.05 bits per heavy atom. The molecule has 0 spiro atoms. The molecule has 96 valence electrons. The molecular formula is C12H10N4O2S. The molecule has 0 unspecified atom stereocenters. The second-order valence-electron chi connectivity index (χ2n) is 3.86. The quantitative estimate of drug-likeness (QED) is 0.740. The van der Waals surface area contributed by atoms with Crippen molar-refractivity contribution in [3.63, 3.8) is 0 Å². The van der Waals surface area contributed by atoms with E-state index in [9.17, 15) is 4.79 Å². The highest BCUT2D eigenvalue weighted by Gasteiger charge is 2.13. The van der Waals surface area contributed by atoms with Crippen molar-refractivity contribution in [1.82, 2.24) is 15.2 Å². The predicted molar refractivity (Wildman–Crippen MR) is 74.4 cm³/mol. The van der Waals surface area contributed by atoms with Gasteiger partial charge >= 0.3 is 0 Å². The number of anilines is 1. The number of methoxy groups -OCH3 is 1. The van der Waals surface area contributed by atoms with Gasteiger partial charge in [0.1, 0.15) is 11.4 Å². The molecule has 7 heteroatoms. The molecule has 3 aromatic rings. The largest absolute Gasteiger partial charge is 0.497 e. The molecule has 0 saturated carbocycles. The van der Waals surface area contributed by atoms with Gasteiger partial charge in [0, 0.05) is 5.56 Å². The number of nitrogens with two attached hydrogens (primary N) is 1. The van der Waals surface area contributed by atoms with Crippen LogP contribution in [0.4, 0.5) is 5.13 Å². The van der Waals surface area contributed by atoms with Gasteiger partial charge in [0.05, 0.1) is 11.8 Å². The van der Waals surface area contributed by atoms with Gasteiger partial charge in [-0.2, -0.15) is 5.10 Å². The van der Waals surface area contributed by atoms with Gasteiger partial charge in [0.2, 0.25) is 0 Å². The molecule has 0 bridgehead atoms. The highest BCUT2D eigenvalue weighted by Crippen LogP contribution is 2.30. The summed E-state index contributed by atoms with van der Waals surface area (Å²) < 4.78 is 5.79. The third-order valence-corrected chi connectivity index (χ3v) is 3.60. The monoisotopic (exact) mass is 274 g/mol. The summed E-state index contributed by atoms with van der Waals surface area (Å²) in [6.45, 7) is 0. The van der Waals surface area contributed by atoms with Crippen LogP contribution in [-0.2, 0) is 0 Å². The highest BCUT2D eigenvalue weighted by atomic mass is 32.1. The van der Waals surface area contributed by atoms with Crippen LogP contribution < -0.4 is 16.0 Å². The molecule has 0 aliphatic carbocycles. The number of H-pyrrole nitrogens is 1. The Hall–Kier alpha value is -2.41. The molecule has 0 fully saturated rings. The zero-order chi connectivity index (χ0) is 13.4. The van der Waals surface area contributed by atoms with Crippen molar-refractivity contribution in [3.8, 4) is 17.0 Å². The lowest BCUT2D eigenvalue weighted by atomic mass is 10.1. The van der Waals surface area contributed by atoms with Crippen LogP contribution in [0.25, 0.3) is 21.5 Å². The van der Waals surface area contributed by atoms with E-state index >= 15 is 0 Å². The first-order valence-electron chi connectivity index (χ1n) is 5.48. The smallest absolute Gasteiger partial charge is 0.291 e. The van der Waals surface area contributed by atoms with Crippen molar-refractivity contribution in [1.29, 1.82) is 0 Å². The standard InChI is InChI=1S/C12H10N4O2S/c1-18-7-4-2-6(3-5-7)8-10-9(11(17)16-15-8)14-12(13)19-10/h2-5H,1H3,(H2,13,14)(H,16,17). The number of nitrogen functional groups attached to an aromatic ring is 1. The molecule has 2 aromatic heterocycles. The first-order valence-corrected chi connectivity index (χ1v) is 6.30. The molecule has 6 nitrogen and oxygen atoms in total. The van der Waals surface area contributed by atoms with Gasteiger partial charge in [-0.1, -0.05) is 11.3 Å². The fourth-order valence-corrected chi connectivity index (χ4v) is 2.65. The number of ether oxygens (including phenoxy) is 1. The van der Waals surface area contributed by atoms with Crippen LogP contribution in [-0.4, -0.2) is 22.3 Å². The van der Waals surface area contributed by atoms with E-state index in [2.05, 4.69) is 15.2 Å². The number of thiazole rings is 1. The molecule has 3 rings (SSSR count). The Bertz CT molecular complexity index is 792. The average molecular weight is 274 g/mol. The molecule has 3 N–H and O–H groups in total. The second-order valence-corrected chi connectivity index (χ2v) is 4.89. The third kappa shape index (κ3) is 1.93. The molecule has 0 aliphatic rings. The summed E-state index contributed by atoms with van der Waals surface area (Å²) in [5, 5.41) is 6.87. The summed E-state index contributed by atoms with van der Waals surface area (Å²) in [6, 6.07) is 7.40. The summed E-state index contributed by atoms with van der Waals surface area (Å²) in [6.07, 6.45) is 0. The Kier molecular flexibility index (Phi) is 2.68. The number of benzene rings is 1. The number of hydrogen-bond donors (Lipinski definition) is 2. The van der Waals surface area contributed by atoms with E-state index < -0.39 is 0 Å². The minimum absolute atomic E-state index is 0.323. The molecule has 0 radical (unpaired) electrons. The fourth-order valence-electron chi connectivity index (χ4n) is 1.81. The van der Waals surface area contributed by atoms with Crippen molar-refractivity contribution in [2.45, 2.75) is 0 Å². The van der Waals surface area contributed by atoms with Crippen molar-refractivity contribution >= 4 is 26.7 Å². The van der Waals surface area contributed by atoms with E-state index in [-0.39, 0.29) is 5.56 Å². The van der Waals surface area contributed by atoms with Crippen molar-refractivity contribution in [3.05, 3.63) is 34.6 Å². The second kappa shape index (κ2) is 4.36. The van der Waals surface area contributed by atoms with Crippen LogP contribution >= 0.6 is 11.3 Å². The summed E-state index contributed by atoms with van der Waals surface area (Å²) in [7, 11) is 1.61. The minimum Gasteiger partial charge on any atom is -0.497 e. The van der Waals surface area contributed by atoms with E-state index in [0.717, 1.165) is 11.3 Å². The third-order valence-electron chi connectivity index (χ3n) is 2.71. The molecule has 0 saturated heterocycles. The number of rotatable bonds is 2. The molecule has 0 atom stereocenters. The number of nitrogens with zero attached hydrogens (tertiary/aromatic N) is 2. The lowest BCUT2D eigenvalue weighted by Gasteiger charge is -2.03. The maximum absolute atomic E-state index is 11.6. The fraction of sp³-hybridized carbons (Fsp3) is 0.0833. The van der Waals surface area contributed by atoms with Crippen molar-refractivity contribution in [2.24, 2.45) is 0 Å². The SMILES string of the molecule is COc1ccc(-c2n[nH]c(=O)c3nc(N)sc23)cc1. The predicted octanol–water partition coefficient (Wildman–Crippen LogP) is 1.64. The van der Waals surface area contributed by atoms with Gasteiger partial charge in [0.25, 0.3) is 5.56 Å². The zero-order valence-electron chi connectivity index (χ0n) is 10.0. The van der Waals surface area contributed by atoms with Crippen molar-refractivity contribution in [2.75, 3.05) is 12.8 Å². The maximum atomic E-state index is 11.6. The molecule has 19 heavy (non-hydrogen) atoms. The molecule has 2 heterocycles. The van der Waals surface area contributed by atoms with E-state index in [1.807, 2.05) is 24.3 Å². The minimum atomic E-state index is -0.333. The number of fused-ring (bicyclic) bond motifs is 1. The van der Waals surface area contributed by atoms with Gasteiger partial charge in [-0.25, -0.2) is 10.1 Å². The zero-order valence-corrected chi connectivity index (χ0v) is 10.8. The van der Waals surface area contributed by atoms with E-state index in [1.54, 1.807) is 7.11 Å². The lowest BCUT2D eigenvalue weighted by molar-refractivity contribution is 0.415. The van der Waals surface area contributed by atoms with Crippen LogP contribution in [0.1, 0.15) is 0 Å². The highest BCUT2D eigenvalue weighted by molar-refractivity contribution is 7.22. The van der Waals surface area contributed by atoms with Gasteiger partial charge in [-0.3, -0.25) is 4.79 Å². The van der Waals surface area contributed by atoms with E-state index in [1.165, 1.54) is 11.3 Å². The maximum Gasteiger partial charge on any atom is 0.291 e. The normalized spacial score (nSPS) is 10.8. The Morgan fingerprint density at radius 3 is 2.74 bits per heavy atom. The summed E-state index contributed by atoms with van der Waals surface area (Å²) in [4.78, 5) is 15.6. The first-order chi connectivity index (χ1) is 9.19. The average Bonchev–Trinajstić information content (AvgIpc) is 2.82. The molecular weight excluding hydrogens is 264 g/mol. The van der Waals surface area contributed by atoms with Crippen molar-refractivity contribution < 1.29 is 4.74 Å². The first kappa shape index (κ1) is 11.7. The number of aromatic nitrogens is 3. The topological polar surface area (TPSA) is 93.9 Å². The van der Waals surface area contributed by atoms with Crippen LogP contribution in [0.5, 0.6) is 5.75 Å². The number of hydrogen-bond acceptors (Lipinski definition) is 6. The van der Waals surface area contributed by atoms with Gasteiger partial charge in [-0.15, -0.1) is 0 Å². The molecule has 1 aromatic carbocycles. The summed E-state index contributed by atoms with van der Waals surface area (Å²) in [5.41, 5.74) is 7.17.